The fourth-order valence-corrected chi connectivity index (χ4v) is 2.02. The van der Waals surface area contributed by atoms with E-state index >= 15 is 0 Å². The Morgan fingerprint density at radius 3 is 2.40 bits per heavy atom. The zero-order chi connectivity index (χ0) is 14.8. The van der Waals surface area contributed by atoms with Gasteiger partial charge in [-0.15, -0.1) is 11.8 Å². The van der Waals surface area contributed by atoms with E-state index in [1.807, 2.05) is 18.2 Å². The number of hydrogen-bond donors (Lipinski definition) is 1. The van der Waals surface area contributed by atoms with Crippen LogP contribution in [-0.2, 0) is 11.2 Å². The Kier molecular flexibility index (Phi) is 7.36. The molecule has 0 aromatic heterocycles. The van der Waals surface area contributed by atoms with Gasteiger partial charge in [0.1, 0.15) is 0 Å². The highest BCUT2D eigenvalue weighted by molar-refractivity contribution is 5.15. The maximum absolute atomic E-state index is 9.85. The van der Waals surface area contributed by atoms with Crippen molar-refractivity contribution in [3.05, 3.63) is 35.9 Å². The Hall–Kier alpha value is -1.30. The highest BCUT2D eigenvalue weighted by atomic mass is 16.6. The van der Waals surface area contributed by atoms with Crippen molar-refractivity contribution >= 4 is 0 Å². The molecule has 0 aliphatic rings. The molecule has 0 heterocycles. The van der Waals surface area contributed by atoms with E-state index < -0.39 is 5.79 Å². The molecule has 0 fully saturated rings. The van der Waals surface area contributed by atoms with Gasteiger partial charge in [0, 0.05) is 12.8 Å². The molecule has 20 heavy (non-hydrogen) atoms. The molecular weight excluding hydrogens is 248 g/mol. The molecule has 1 aromatic carbocycles. The fraction of sp³-hybridized carbons (Fsp3) is 0.556. The lowest BCUT2D eigenvalue weighted by atomic mass is 10.0. The van der Waals surface area contributed by atoms with Crippen molar-refractivity contribution in [1.82, 2.24) is 0 Å². The van der Waals surface area contributed by atoms with Crippen molar-refractivity contribution in [1.29, 1.82) is 0 Å². The SMILES string of the molecule is CCCC#CCCC(Cc1ccccc1)OC(C)(C)O. The number of benzene rings is 1. The topological polar surface area (TPSA) is 29.5 Å². The number of aliphatic hydroxyl groups is 1. The van der Waals surface area contributed by atoms with E-state index in [-0.39, 0.29) is 6.10 Å². The van der Waals surface area contributed by atoms with Crippen molar-refractivity contribution in [3.8, 4) is 11.8 Å². The molecule has 110 valence electrons. The van der Waals surface area contributed by atoms with Crippen LogP contribution in [0.5, 0.6) is 0 Å². The zero-order valence-corrected chi connectivity index (χ0v) is 12.9. The molecule has 0 aliphatic carbocycles. The van der Waals surface area contributed by atoms with Crippen LogP contribution in [0.25, 0.3) is 0 Å². The van der Waals surface area contributed by atoms with Crippen LogP contribution in [0.3, 0.4) is 0 Å². The summed E-state index contributed by atoms with van der Waals surface area (Å²) in [5.74, 6) is 5.22. The van der Waals surface area contributed by atoms with E-state index in [1.54, 1.807) is 13.8 Å². The van der Waals surface area contributed by atoms with E-state index in [2.05, 4.69) is 30.9 Å². The second-order valence-corrected chi connectivity index (χ2v) is 5.52. The molecule has 0 spiro atoms. The van der Waals surface area contributed by atoms with E-state index in [1.165, 1.54) is 5.56 Å². The van der Waals surface area contributed by atoms with Crippen LogP contribution >= 0.6 is 0 Å². The maximum Gasteiger partial charge on any atom is 0.160 e. The first kappa shape index (κ1) is 16.8. The minimum absolute atomic E-state index is 0.00618. The molecule has 0 bridgehead atoms. The van der Waals surface area contributed by atoms with Crippen molar-refractivity contribution in [2.75, 3.05) is 0 Å². The molecule has 1 unspecified atom stereocenters. The fourth-order valence-electron chi connectivity index (χ4n) is 2.02. The molecule has 1 N–H and O–H groups in total. The van der Waals surface area contributed by atoms with Gasteiger partial charge in [0.25, 0.3) is 0 Å². The summed E-state index contributed by atoms with van der Waals surface area (Å²) in [6.45, 7) is 5.48. The Morgan fingerprint density at radius 1 is 1.15 bits per heavy atom. The van der Waals surface area contributed by atoms with Gasteiger partial charge in [-0.3, -0.25) is 0 Å². The van der Waals surface area contributed by atoms with Gasteiger partial charge in [0.15, 0.2) is 5.79 Å². The van der Waals surface area contributed by atoms with Gasteiger partial charge in [-0.2, -0.15) is 0 Å². The quantitative estimate of drug-likeness (QED) is 0.603. The smallest absolute Gasteiger partial charge is 0.160 e. The molecule has 1 rings (SSSR count). The highest BCUT2D eigenvalue weighted by Crippen LogP contribution is 2.16. The average Bonchev–Trinajstić information content (AvgIpc) is 2.37. The van der Waals surface area contributed by atoms with E-state index in [4.69, 9.17) is 4.74 Å². The molecule has 0 amide bonds. The molecular formula is C18H26O2. The Balaban J connectivity index is 2.55. The minimum atomic E-state index is -1.10. The molecule has 0 saturated carbocycles. The summed E-state index contributed by atoms with van der Waals surface area (Å²) in [6.07, 6.45) is 4.51. The van der Waals surface area contributed by atoms with Crippen LogP contribution in [0.15, 0.2) is 30.3 Å². The van der Waals surface area contributed by atoms with Gasteiger partial charge >= 0.3 is 0 Å². The lowest BCUT2D eigenvalue weighted by Gasteiger charge is -2.26. The molecule has 1 aromatic rings. The summed E-state index contributed by atoms with van der Waals surface area (Å²) in [4.78, 5) is 0. The van der Waals surface area contributed by atoms with Gasteiger partial charge in [-0.1, -0.05) is 37.3 Å². The molecule has 2 nitrogen and oxygen atoms in total. The van der Waals surface area contributed by atoms with Crippen LogP contribution in [0.4, 0.5) is 0 Å². The van der Waals surface area contributed by atoms with Gasteiger partial charge < -0.3 is 9.84 Å². The van der Waals surface area contributed by atoms with E-state index in [0.717, 1.165) is 32.1 Å². The summed E-state index contributed by atoms with van der Waals surface area (Å²) in [6, 6.07) is 10.2. The van der Waals surface area contributed by atoms with Gasteiger partial charge in [0.2, 0.25) is 0 Å². The van der Waals surface area contributed by atoms with Crippen molar-refractivity contribution in [2.45, 2.75) is 64.8 Å². The number of hydrogen-bond acceptors (Lipinski definition) is 2. The third kappa shape index (κ3) is 7.99. The van der Waals surface area contributed by atoms with Crippen LogP contribution in [0.1, 0.15) is 52.0 Å². The van der Waals surface area contributed by atoms with Crippen molar-refractivity contribution < 1.29 is 9.84 Å². The van der Waals surface area contributed by atoms with Gasteiger partial charge in [-0.25, -0.2) is 0 Å². The molecule has 0 aliphatic heterocycles. The zero-order valence-electron chi connectivity index (χ0n) is 12.9. The summed E-state index contributed by atoms with van der Waals surface area (Å²) < 4.78 is 5.74. The first-order chi connectivity index (χ1) is 9.51. The lowest BCUT2D eigenvalue weighted by molar-refractivity contribution is -0.206. The largest absolute Gasteiger partial charge is 0.366 e. The maximum atomic E-state index is 9.85. The molecule has 0 saturated heterocycles. The van der Waals surface area contributed by atoms with E-state index in [0.29, 0.717) is 0 Å². The van der Waals surface area contributed by atoms with Crippen LogP contribution in [0.2, 0.25) is 0 Å². The minimum Gasteiger partial charge on any atom is -0.366 e. The first-order valence-electron chi connectivity index (χ1n) is 7.41. The molecule has 1 atom stereocenters. The average molecular weight is 274 g/mol. The molecule has 2 heteroatoms. The summed E-state index contributed by atoms with van der Waals surface area (Å²) >= 11 is 0. The number of unbranched alkanes of at least 4 members (excludes halogenated alkanes) is 1. The standard InChI is InChI=1S/C18H26O2/c1-4-5-6-7-11-14-17(20-18(2,3)19)15-16-12-9-8-10-13-16/h8-10,12-13,17,19H,4-5,11,14-15H2,1-3H3. The first-order valence-corrected chi connectivity index (χ1v) is 7.41. The Labute approximate surface area is 123 Å². The highest BCUT2D eigenvalue weighted by Gasteiger charge is 2.20. The Morgan fingerprint density at radius 2 is 1.80 bits per heavy atom. The number of rotatable bonds is 7. The lowest BCUT2D eigenvalue weighted by Crippen LogP contribution is -2.31. The van der Waals surface area contributed by atoms with Crippen LogP contribution < -0.4 is 0 Å². The van der Waals surface area contributed by atoms with Crippen LogP contribution in [-0.4, -0.2) is 17.0 Å². The molecule has 0 radical (unpaired) electrons. The second-order valence-electron chi connectivity index (χ2n) is 5.52. The number of ether oxygens (including phenoxy) is 1. The normalized spacial score (nSPS) is 12.6. The van der Waals surface area contributed by atoms with Gasteiger partial charge in [0.05, 0.1) is 6.10 Å². The third-order valence-electron chi connectivity index (χ3n) is 2.85. The summed E-state index contributed by atoms with van der Waals surface area (Å²) in [7, 11) is 0. The summed E-state index contributed by atoms with van der Waals surface area (Å²) in [5, 5.41) is 9.85. The van der Waals surface area contributed by atoms with E-state index in [9.17, 15) is 5.11 Å². The van der Waals surface area contributed by atoms with Crippen molar-refractivity contribution in [3.63, 3.8) is 0 Å². The second kappa shape index (κ2) is 8.79. The Bertz CT molecular complexity index is 420. The third-order valence-corrected chi connectivity index (χ3v) is 2.85. The van der Waals surface area contributed by atoms with Crippen LogP contribution in [0, 0.1) is 11.8 Å². The summed E-state index contributed by atoms with van der Waals surface area (Å²) in [5.41, 5.74) is 1.23. The predicted molar refractivity (Wildman–Crippen MR) is 83.2 cm³/mol. The monoisotopic (exact) mass is 274 g/mol. The van der Waals surface area contributed by atoms with Crippen molar-refractivity contribution in [2.24, 2.45) is 0 Å². The predicted octanol–water partition coefficient (Wildman–Crippen LogP) is 3.93. The van der Waals surface area contributed by atoms with Gasteiger partial charge in [-0.05, 0) is 38.7 Å².